The zero-order valence-electron chi connectivity index (χ0n) is 16.5. The Labute approximate surface area is 171 Å². The highest BCUT2D eigenvalue weighted by molar-refractivity contribution is 5.76. The third kappa shape index (κ3) is 4.58. The summed E-state index contributed by atoms with van der Waals surface area (Å²) in [6, 6.07) is 17.9. The van der Waals surface area contributed by atoms with Crippen molar-refractivity contribution >= 4 is 6.03 Å². The molecule has 1 N–H and O–H groups in total. The Morgan fingerprint density at radius 2 is 1.69 bits per heavy atom. The first-order chi connectivity index (χ1) is 14.1. The van der Waals surface area contributed by atoms with Gasteiger partial charge in [-0.1, -0.05) is 36.4 Å². The van der Waals surface area contributed by atoms with E-state index in [0.29, 0.717) is 38.3 Å². The summed E-state index contributed by atoms with van der Waals surface area (Å²) < 4.78 is 0. The third-order valence-electron chi connectivity index (χ3n) is 5.75. The average molecular weight is 390 g/mol. The SMILES string of the molecule is N#Cc1ccc(CN2CCN(CC(O)CN3CCc4ccccc4C3)C2=O)cc1. The molecule has 6 heteroatoms. The molecule has 6 nitrogen and oxygen atoms in total. The molecule has 0 spiro atoms. The van der Waals surface area contributed by atoms with Gasteiger partial charge in [-0.25, -0.2) is 4.79 Å². The van der Waals surface area contributed by atoms with Crippen molar-refractivity contribution in [2.45, 2.75) is 25.6 Å². The predicted molar refractivity (Wildman–Crippen MR) is 110 cm³/mol. The molecule has 2 aliphatic rings. The van der Waals surface area contributed by atoms with Crippen molar-refractivity contribution in [3.8, 4) is 6.07 Å². The normalized spacial score (nSPS) is 17.9. The largest absolute Gasteiger partial charge is 0.390 e. The maximum Gasteiger partial charge on any atom is 0.320 e. The molecule has 0 radical (unpaired) electrons. The van der Waals surface area contributed by atoms with Crippen LogP contribution < -0.4 is 0 Å². The van der Waals surface area contributed by atoms with Gasteiger partial charge in [0.2, 0.25) is 0 Å². The number of carbonyl (C=O) groups is 1. The van der Waals surface area contributed by atoms with Crippen molar-refractivity contribution in [2.75, 3.05) is 32.7 Å². The summed E-state index contributed by atoms with van der Waals surface area (Å²) in [5.41, 5.74) is 4.35. The fourth-order valence-corrected chi connectivity index (χ4v) is 4.17. The van der Waals surface area contributed by atoms with Crippen LogP contribution in [0.1, 0.15) is 22.3 Å². The Hall–Kier alpha value is -2.88. The lowest BCUT2D eigenvalue weighted by Gasteiger charge is -2.31. The number of benzene rings is 2. The van der Waals surface area contributed by atoms with Crippen LogP contribution in [0.5, 0.6) is 0 Å². The molecular weight excluding hydrogens is 364 g/mol. The van der Waals surface area contributed by atoms with Crippen molar-refractivity contribution in [1.29, 1.82) is 5.26 Å². The van der Waals surface area contributed by atoms with Gasteiger partial charge in [-0.05, 0) is 35.2 Å². The molecule has 0 saturated carbocycles. The maximum absolute atomic E-state index is 12.7. The molecule has 0 aromatic heterocycles. The number of amides is 2. The molecule has 2 aromatic carbocycles. The fraction of sp³-hybridized carbons (Fsp3) is 0.391. The molecule has 29 heavy (non-hydrogen) atoms. The molecule has 2 amide bonds. The number of fused-ring (bicyclic) bond motifs is 1. The topological polar surface area (TPSA) is 70.8 Å². The third-order valence-corrected chi connectivity index (χ3v) is 5.75. The minimum atomic E-state index is -0.556. The van der Waals surface area contributed by atoms with Gasteiger partial charge in [0, 0.05) is 45.8 Å². The lowest BCUT2D eigenvalue weighted by molar-refractivity contribution is 0.0812. The van der Waals surface area contributed by atoms with Gasteiger partial charge < -0.3 is 14.9 Å². The Morgan fingerprint density at radius 3 is 2.45 bits per heavy atom. The van der Waals surface area contributed by atoms with E-state index in [9.17, 15) is 9.90 Å². The van der Waals surface area contributed by atoms with Crippen molar-refractivity contribution in [3.05, 3.63) is 70.8 Å². The number of rotatable bonds is 6. The van der Waals surface area contributed by atoms with E-state index in [1.54, 1.807) is 21.9 Å². The quantitative estimate of drug-likeness (QED) is 0.821. The van der Waals surface area contributed by atoms with Gasteiger partial charge in [0.25, 0.3) is 0 Å². The Bertz CT molecular complexity index is 906. The highest BCUT2D eigenvalue weighted by atomic mass is 16.3. The Morgan fingerprint density at radius 1 is 0.966 bits per heavy atom. The van der Waals surface area contributed by atoms with E-state index in [-0.39, 0.29) is 6.03 Å². The van der Waals surface area contributed by atoms with Gasteiger partial charge in [-0.15, -0.1) is 0 Å². The first-order valence-corrected chi connectivity index (χ1v) is 10.1. The number of carbonyl (C=O) groups excluding carboxylic acids is 1. The van der Waals surface area contributed by atoms with E-state index >= 15 is 0 Å². The zero-order valence-corrected chi connectivity index (χ0v) is 16.5. The van der Waals surface area contributed by atoms with Crippen LogP contribution in [-0.4, -0.2) is 64.7 Å². The summed E-state index contributed by atoms with van der Waals surface area (Å²) in [5, 5.41) is 19.5. The number of aliphatic hydroxyl groups is 1. The van der Waals surface area contributed by atoms with Crippen LogP contribution in [0, 0.1) is 11.3 Å². The molecule has 2 aliphatic heterocycles. The van der Waals surface area contributed by atoms with E-state index in [2.05, 4.69) is 35.2 Å². The van der Waals surface area contributed by atoms with E-state index in [4.69, 9.17) is 5.26 Å². The minimum absolute atomic E-state index is 0.0302. The first-order valence-electron chi connectivity index (χ1n) is 10.1. The van der Waals surface area contributed by atoms with Crippen molar-refractivity contribution < 1.29 is 9.90 Å². The van der Waals surface area contributed by atoms with Crippen LogP contribution in [0.3, 0.4) is 0 Å². The van der Waals surface area contributed by atoms with E-state index < -0.39 is 6.10 Å². The van der Waals surface area contributed by atoms with E-state index in [1.807, 2.05) is 12.1 Å². The van der Waals surface area contributed by atoms with E-state index in [1.165, 1.54) is 11.1 Å². The first kappa shape index (κ1) is 19.4. The smallest absolute Gasteiger partial charge is 0.320 e. The second-order valence-electron chi connectivity index (χ2n) is 7.87. The summed E-state index contributed by atoms with van der Waals surface area (Å²) in [7, 11) is 0. The fourth-order valence-electron chi connectivity index (χ4n) is 4.17. The number of aliphatic hydroxyl groups excluding tert-OH is 1. The lowest BCUT2D eigenvalue weighted by atomic mass is 10.00. The highest BCUT2D eigenvalue weighted by Crippen LogP contribution is 2.19. The molecule has 2 aromatic rings. The number of hydrogen-bond donors (Lipinski definition) is 1. The van der Waals surface area contributed by atoms with Crippen LogP contribution >= 0.6 is 0 Å². The summed E-state index contributed by atoms with van der Waals surface area (Å²) >= 11 is 0. The minimum Gasteiger partial charge on any atom is -0.390 e. The number of nitriles is 1. The van der Waals surface area contributed by atoms with E-state index in [0.717, 1.165) is 25.1 Å². The van der Waals surface area contributed by atoms with Gasteiger partial charge in [0.15, 0.2) is 0 Å². The summed E-state index contributed by atoms with van der Waals surface area (Å²) in [4.78, 5) is 18.5. The van der Waals surface area contributed by atoms with Gasteiger partial charge in [0.1, 0.15) is 0 Å². The number of β-amino-alcohol motifs (C(OH)–C–C–N with tert-alkyl or cyclic N) is 1. The standard InChI is InChI=1S/C23H26N4O2/c24-13-18-5-7-19(8-6-18)14-26-11-12-27(23(26)29)17-22(28)16-25-10-9-20-3-1-2-4-21(20)15-25/h1-8,22,28H,9-12,14-17H2. The number of nitrogens with zero attached hydrogens (tertiary/aromatic N) is 4. The molecular formula is C23H26N4O2. The van der Waals surface area contributed by atoms with Gasteiger partial charge >= 0.3 is 6.03 Å². The second kappa shape index (κ2) is 8.64. The molecule has 1 saturated heterocycles. The number of urea groups is 1. The molecule has 0 bridgehead atoms. The lowest BCUT2D eigenvalue weighted by Crippen LogP contribution is -2.43. The molecule has 150 valence electrons. The molecule has 1 unspecified atom stereocenters. The Balaban J connectivity index is 1.27. The molecule has 2 heterocycles. The molecule has 4 rings (SSSR count). The van der Waals surface area contributed by atoms with Crippen molar-refractivity contribution in [1.82, 2.24) is 14.7 Å². The monoisotopic (exact) mass is 390 g/mol. The van der Waals surface area contributed by atoms with Gasteiger partial charge in [0.05, 0.1) is 17.7 Å². The molecule has 0 aliphatic carbocycles. The maximum atomic E-state index is 12.7. The van der Waals surface area contributed by atoms with Crippen molar-refractivity contribution in [3.63, 3.8) is 0 Å². The van der Waals surface area contributed by atoms with Crippen LogP contribution in [-0.2, 0) is 19.5 Å². The summed E-state index contributed by atoms with van der Waals surface area (Å²) in [5.74, 6) is 0. The molecule has 1 atom stereocenters. The highest BCUT2D eigenvalue weighted by Gasteiger charge is 2.30. The Kier molecular flexibility index (Phi) is 5.79. The summed E-state index contributed by atoms with van der Waals surface area (Å²) in [6.45, 7) is 4.55. The van der Waals surface area contributed by atoms with Crippen LogP contribution in [0.15, 0.2) is 48.5 Å². The predicted octanol–water partition coefficient (Wildman–Crippen LogP) is 2.22. The molecule has 1 fully saturated rings. The average Bonchev–Trinajstić information content (AvgIpc) is 3.07. The van der Waals surface area contributed by atoms with Gasteiger partial charge in [-0.3, -0.25) is 4.90 Å². The van der Waals surface area contributed by atoms with Crippen LogP contribution in [0.2, 0.25) is 0 Å². The number of hydrogen-bond acceptors (Lipinski definition) is 4. The zero-order chi connectivity index (χ0) is 20.2. The second-order valence-corrected chi connectivity index (χ2v) is 7.87. The van der Waals surface area contributed by atoms with Gasteiger partial charge in [-0.2, -0.15) is 5.26 Å². The summed E-state index contributed by atoms with van der Waals surface area (Å²) in [6.07, 6.45) is 0.447. The van der Waals surface area contributed by atoms with Crippen molar-refractivity contribution in [2.24, 2.45) is 0 Å². The van der Waals surface area contributed by atoms with Crippen LogP contribution in [0.25, 0.3) is 0 Å². The van der Waals surface area contributed by atoms with Crippen LogP contribution in [0.4, 0.5) is 4.79 Å².